The molecule has 2 aliphatic heterocycles. The molecule has 284 valence electrons. The lowest BCUT2D eigenvalue weighted by molar-refractivity contribution is -0.767. The molecule has 16 heteroatoms. The van der Waals surface area contributed by atoms with Crippen molar-refractivity contribution in [1.82, 2.24) is 0 Å². The third-order valence-electron chi connectivity index (χ3n) is 8.65. The minimum atomic E-state index is -4.21. The van der Waals surface area contributed by atoms with Crippen LogP contribution in [0.1, 0.15) is 111 Å². The summed E-state index contributed by atoms with van der Waals surface area (Å²) in [5.41, 5.74) is 0.396. The highest BCUT2D eigenvalue weighted by atomic mass is 31.2. The molecular formula is C35H53N2O13P+2. The number of unbranched alkanes of at least 4 members (excludes halogenated alkanes) is 8. The standard InChI is InChI=1S/C35H53N2O13P/c1-4-6-8-10-12-20-45-32(42)24-16-14-18-36(22-24)30-26(38)28(40)34(47-30)49-51(3,44)50-35-29(41)27(39)31(48-35)37-19-15-17-25(23-37)33(43)46-21-13-11-9-7-5-2/h14-19,22-23,26-31,34-35,38-41H,4-13,20-21H2,1-3H3/q+2/t26-,27-,28+,29+,30+,31+,34+,35+/m0/s1. The fourth-order valence-electron chi connectivity index (χ4n) is 5.78. The first-order valence-electron chi connectivity index (χ1n) is 17.8. The van der Waals surface area contributed by atoms with Gasteiger partial charge in [0.1, 0.15) is 23.3 Å². The summed E-state index contributed by atoms with van der Waals surface area (Å²) >= 11 is 0. The fraction of sp³-hybridized carbons (Fsp3) is 0.657. The molecule has 2 aromatic heterocycles. The van der Waals surface area contributed by atoms with E-state index in [0.29, 0.717) is 0 Å². The Hall–Kier alpha value is -2.85. The summed E-state index contributed by atoms with van der Waals surface area (Å²) in [6.45, 7) is 5.84. The molecular weight excluding hydrogens is 687 g/mol. The Morgan fingerprint density at radius 2 is 1.06 bits per heavy atom. The molecule has 2 aromatic rings. The van der Waals surface area contributed by atoms with Gasteiger partial charge in [-0.1, -0.05) is 65.2 Å². The van der Waals surface area contributed by atoms with Gasteiger partial charge in [-0.25, -0.2) is 9.59 Å². The first-order valence-corrected chi connectivity index (χ1v) is 19.8. The van der Waals surface area contributed by atoms with E-state index in [1.54, 1.807) is 24.3 Å². The minimum absolute atomic E-state index is 0.198. The Labute approximate surface area is 298 Å². The number of aliphatic hydroxyl groups excluding tert-OH is 4. The van der Waals surface area contributed by atoms with Crippen molar-refractivity contribution in [1.29, 1.82) is 0 Å². The highest BCUT2D eigenvalue weighted by Crippen LogP contribution is 2.50. The number of hydrogen-bond acceptors (Lipinski definition) is 13. The van der Waals surface area contributed by atoms with Crippen molar-refractivity contribution >= 4 is 19.5 Å². The molecule has 0 aliphatic carbocycles. The van der Waals surface area contributed by atoms with E-state index < -0.39 is 69.0 Å². The first-order chi connectivity index (χ1) is 24.5. The number of pyridine rings is 2. The van der Waals surface area contributed by atoms with E-state index in [-0.39, 0.29) is 24.3 Å². The van der Waals surface area contributed by atoms with E-state index in [9.17, 15) is 34.6 Å². The molecule has 2 fully saturated rings. The number of aromatic nitrogens is 2. The second-order valence-electron chi connectivity index (χ2n) is 12.9. The molecule has 4 rings (SSSR count). The van der Waals surface area contributed by atoms with E-state index >= 15 is 0 Å². The molecule has 0 radical (unpaired) electrons. The Morgan fingerprint density at radius 1 is 0.667 bits per heavy atom. The van der Waals surface area contributed by atoms with Crippen molar-refractivity contribution < 1.29 is 71.7 Å². The fourth-order valence-corrected chi connectivity index (χ4v) is 6.93. The topological polar surface area (TPSA) is 195 Å². The predicted molar refractivity (Wildman–Crippen MR) is 179 cm³/mol. The van der Waals surface area contributed by atoms with Crippen molar-refractivity contribution in [3.63, 3.8) is 0 Å². The number of esters is 2. The van der Waals surface area contributed by atoms with Crippen LogP contribution in [0.3, 0.4) is 0 Å². The molecule has 0 unspecified atom stereocenters. The van der Waals surface area contributed by atoms with Gasteiger partial charge in [-0.15, -0.1) is 0 Å². The van der Waals surface area contributed by atoms with Gasteiger partial charge in [0.15, 0.2) is 37.0 Å². The lowest BCUT2D eigenvalue weighted by Crippen LogP contribution is -2.46. The Morgan fingerprint density at radius 3 is 1.45 bits per heavy atom. The normalized spacial score (nSPS) is 26.3. The second kappa shape index (κ2) is 19.8. The van der Waals surface area contributed by atoms with Crippen molar-refractivity contribution in [2.45, 2.75) is 128 Å². The molecule has 0 aromatic carbocycles. The molecule has 0 bridgehead atoms. The zero-order valence-electron chi connectivity index (χ0n) is 29.5. The second-order valence-corrected chi connectivity index (χ2v) is 14.9. The predicted octanol–water partition coefficient (Wildman–Crippen LogP) is 3.23. The molecule has 2 saturated heterocycles. The maximum Gasteiger partial charge on any atom is 0.344 e. The van der Waals surface area contributed by atoms with Gasteiger partial charge in [-0.3, -0.25) is 23.1 Å². The highest BCUT2D eigenvalue weighted by Gasteiger charge is 2.54. The van der Waals surface area contributed by atoms with Crippen molar-refractivity contribution in [3.8, 4) is 0 Å². The van der Waals surface area contributed by atoms with Crippen molar-refractivity contribution in [2.75, 3.05) is 19.9 Å². The SMILES string of the molecule is CCCCCCCOC(=O)c1ccc[n+]([C@@H]2O[C@H](OP(C)(=O)O[C@H]3O[C@@H]([n+]4cccc(C(=O)OCCCCCCC)c4)[C@@H](O)[C@H]3O)[C@H](O)[C@@H]2O)c1. The smallest absolute Gasteiger partial charge is 0.344 e. The van der Waals surface area contributed by atoms with Crippen LogP contribution in [0.15, 0.2) is 49.1 Å². The van der Waals surface area contributed by atoms with Gasteiger partial charge in [-0.2, -0.15) is 9.13 Å². The van der Waals surface area contributed by atoms with E-state index in [0.717, 1.165) is 70.9 Å². The van der Waals surface area contributed by atoms with Crippen LogP contribution in [0.4, 0.5) is 0 Å². The van der Waals surface area contributed by atoms with Crippen LogP contribution < -0.4 is 9.13 Å². The lowest BCUT2D eigenvalue weighted by atomic mass is 10.2. The van der Waals surface area contributed by atoms with Crippen LogP contribution in [0, 0.1) is 0 Å². The minimum Gasteiger partial charge on any atom is -0.462 e. The average molecular weight is 741 g/mol. The Balaban J connectivity index is 1.32. The van der Waals surface area contributed by atoms with Gasteiger partial charge in [0.05, 0.1) is 13.2 Å². The van der Waals surface area contributed by atoms with Gasteiger partial charge in [0.2, 0.25) is 12.6 Å². The van der Waals surface area contributed by atoms with Gasteiger partial charge in [-0.05, 0) is 25.0 Å². The molecule has 51 heavy (non-hydrogen) atoms. The zero-order chi connectivity index (χ0) is 37.0. The Kier molecular flexibility index (Phi) is 15.9. The number of rotatable bonds is 20. The Bertz CT molecular complexity index is 1360. The third kappa shape index (κ3) is 11.6. The van der Waals surface area contributed by atoms with Crippen LogP contribution in [-0.4, -0.2) is 89.2 Å². The van der Waals surface area contributed by atoms with E-state index in [2.05, 4.69) is 13.8 Å². The molecule has 4 heterocycles. The van der Waals surface area contributed by atoms with Crippen LogP contribution >= 0.6 is 7.60 Å². The van der Waals surface area contributed by atoms with Gasteiger partial charge < -0.3 is 29.9 Å². The van der Waals surface area contributed by atoms with E-state index in [4.69, 9.17) is 28.0 Å². The number of aliphatic hydroxyl groups is 4. The van der Waals surface area contributed by atoms with Crippen molar-refractivity contribution in [3.05, 3.63) is 60.2 Å². The maximum absolute atomic E-state index is 13.4. The van der Waals surface area contributed by atoms with Gasteiger partial charge >= 0.3 is 19.5 Å². The molecule has 2 aliphatic rings. The maximum atomic E-state index is 13.4. The molecule has 0 spiro atoms. The summed E-state index contributed by atoms with van der Waals surface area (Å²) in [6.07, 6.45) is 3.62. The van der Waals surface area contributed by atoms with Crippen molar-refractivity contribution in [2.24, 2.45) is 0 Å². The highest BCUT2D eigenvalue weighted by molar-refractivity contribution is 7.53. The number of carbonyl (C=O) groups is 2. The summed E-state index contributed by atoms with van der Waals surface area (Å²) in [4.78, 5) is 25.2. The van der Waals surface area contributed by atoms with E-state index in [1.165, 1.54) is 33.9 Å². The first kappa shape index (κ1) is 40.9. The largest absolute Gasteiger partial charge is 0.462 e. The average Bonchev–Trinajstić information content (AvgIpc) is 3.55. The quantitative estimate of drug-likeness (QED) is 0.0670. The van der Waals surface area contributed by atoms with Crippen LogP contribution in [0.25, 0.3) is 0 Å². The number of ether oxygens (including phenoxy) is 4. The summed E-state index contributed by atoms with van der Waals surface area (Å²) in [6, 6.07) is 6.19. The molecule has 8 atom stereocenters. The number of carbonyl (C=O) groups excluding carboxylic acids is 2. The summed E-state index contributed by atoms with van der Waals surface area (Å²) in [5, 5.41) is 43.0. The molecule has 0 saturated carbocycles. The van der Waals surface area contributed by atoms with Crippen LogP contribution in [0.5, 0.6) is 0 Å². The summed E-state index contributed by atoms with van der Waals surface area (Å²) in [5.74, 6) is -1.11. The summed E-state index contributed by atoms with van der Waals surface area (Å²) < 4.78 is 49.2. The molecule has 15 nitrogen and oxygen atoms in total. The number of hydrogen-bond donors (Lipinski definition) is 4. The monoisotopic (exact) mass is 740 g/mol. The van der Waals surface area contributed by atoms with Crippen LogP contribution in [-0.2, 0) is 32.6 Å². The van der Waals surface area contributed by atoms with Gasteiger partial charge in [0.25, 0.3) is 12.5 Å². The third-order valence-corrected chi connectivity index (χ3v) is 9.83. The van der Waals surface area contributed by atoms with Gasteiger partial charge in [0, 0.05) is 18.8 Å². The number of nitrogens with zero attached hydrogens (tertiary/aromatic N) is 2. The summed E-state index contributed by atoms with van der Waals surface area (Å²) in [7, 11) is -4.21. The lowest BCUT2D eigenvalue weighted by Gasteiger charge is -2.23. The molecule has 4 N–H and O–H groups in total. The van der Waals surface area contributed by atoms with E-state index in [1.807, 2.05) is 0 Å². The van der Waals surface area contributed by atoms with Crippen LogP contribution in [0.2, 0.25) is 0 Å². The molecule has 0 amide bonds. The zero-order valence-corrected chi connectivity index (χ0v) is 30.4.